The molecular formula is C28H33N3O2. The van der Waals surface area contributed by atoms with Gasteiger partial charge in [0.05, 0.1) is 0 Å². The van der Waals surface area contributed by atoms with Crippen molar-refractivity contribution in [2.75, 3.05) is 18.0 Å². The maximum Gasteiger partial charge on any atom is 0.231 e. The van der Waals surface area contributed by atoms with Gasteiger partial charge in [-0.05, 0) is 92.4 Å². The van der Waals surface area contributed by atoms with Gasteiger partial charge in [0.1, 0.15) is 11.6 Å². The molecule has 2 saturated carbocycles. The van der Waals surface area contributed by atoms with Crippen LogP contribution in [-0.2, 0) is 16.6 Å². The van der Waals surface area contributed by atoms with Gasteiger partial charge in [0, 0.05) is 35.5 Å². The van der Waals surface area contributed by atoms with Gasteiger partial charge in [0.25, 0.3) is 0 Å². The van der Waals surface area contributed by atoms with Crippen molar-refractivity contribution in [3.8, 4) is 5.75 Å². The van der Waals surface area contributed by atoms with Crippen LogP contribution in [0.2, 0.25) is 0 Å². The Hall–Kier alpha value is -2.40. The first kappa shape index (κ1) is 20.0. The number of hydrogen-bond donors (Lipinski definition) is 1. The smallest absolute Gasteiger partial charge is 0.231 e. The molecule has 2 aliphatic heterocycles. The Morgan fingerprint density at radius 2 is 2.12 bits per heavy atom. The molecule has 4 bridgehead atoms. The van der Waals surface area contributed by atoms with Crippen LogP contribution in [0.25, 0.3) is 0 Å². The van der Waals surface area contributed by atoms with Gasteiger partial charge in [-0.3, -0.25) is 14.6 Å². The number of nitrogens with zero attached hydrogens (tertiary/aromatic N) is 3. The van der Waals surface area contributed by atoms with Crippen molar-refractivity contribution in [2.45, 2.75) is 69.4 Å². The molecule has 172 valence electrons. The topological polar surface area (TPSA) is 56.7 Å². The lowest BCUT2D eigenvalue weighted by molar-refractivity contribution is -0.122. The zero-order valence-corrected chi connectivity index (χ0v) is 19.4. The minimum absolute atomic E-state index is 0.0144. The Kier molecular flexibility index (Phi) is 4.13. The number of aromatic hydroxyl groups is 1. The Bertz CT molecular complexity index is 1120. The van der Waals surface area contributed by atoms with Crippen LogP contribution >= 0.6 is 0 Å². The predicted octanol–water partition coefficient (Wildman–Crippen LogP) is 4.29. The van der Waals surface area contributed by atoms with Gasteiger partial charge < -0.3 is 5.11 Å². The molecule has 1 amide bonds. The molecule has 2 saturated heterocycles. The number of rotatable bonds is 4. The third-order valence-corrected chi connectivity index (χ3v) is 10.2. The summed E-state index contributed by atoms with van der Waals surface area (Å²) in [6.45, 7) is 4.55. The van der Waals surface area contributed by atoms with E-state index in [-0.39, 0.29) is 22.8 Å². The van der Waals surface area contributed by atoms with Crippen LogP contribution in [0.5, 0.6) is 5.75 Å². The number of carbonyl (C=O) groups excluding carboxylic acids is 1. The summed E-state index contributed by atoms with van der Waals surface area (Å²) in [5.41, 5.74) is 2.90. The number of piperidine rings is 1. The van der Waals surface area contributed by atoms with E-state index < -0.39 is 0 Å². The number of hydrogen-bond acceptors (Lipinski definition) is 4. The second-order valence-corrected chi connectivity index (χ2v) is 11.2. The zero-order chi connectivity index (χ0) is 22.4. The van der Waals surface area contributed by atoms with E-state index in [0.717, 1.165) is 38.0 Å². The van der Waals surface area contributed by atoms with E-state index in [4.69, 9.17) is 0 Å². The highest BCUT2D eigenvalue weighted by Crippen LogP contribution is 2.75. The second kappa shape index (κ2) is 6.82. The van der Waals surface area contributed by atoms with Crippen molar-refractivity contribution in [1.29, 1.82) is 0 Å². The van der Waals surface area contributed by atoms with Crippen molar-refractivity contribution in [3.05, 3.63) is 53.7 Å². The Labute approximate surface area is 195 Å². The number of aromatic nitrogens is 1. The number of carbonyl (C=O) groups is 1. The summed E-state index contributed by atoms with van der Waals surface area (Å²) >= 11 is 0. The summed E-state index contributed by atoms with van der Waals surface area (Å²) in [4.78, 5) is 23.4. The zero-order valence-electron chi connectivity index (χ0n) is 19.4. The molecular weight excluding hydrogens is 410 g/mol. The molecule has 7 rings (SSSR count). The number of phenols is 1. The van der Waals surface area contributed by atoms with Crippen molar-refractivity contribution in [2.24, 2.45) is 17.3 Å². The standard InChI is InChI=1S/C28H33N3O2/c1-2-3-13-30-14-11-28-21-16-19(32)8-7-18(21)15-23(30)27(28)10-9-22-25(28)20(17-27)26(33)31(22)24-6-4-5-12-29-24/h4-8,12,16,20,22-23,25,32H,2-3,9-11,13-15,17H2,1H3/t20-,22?,23?,25?,27?,28?/m0/s1. The maximum atomic E-state index is 14.0. The van der Waals surface area contributed by atoms with Crippen molar-refractivity contribution >= 4 is 11.7 Å². The predicted molar refractivity (Wildman–Crippen MR) is 127 cm³/mol. The summed E-state index contributed by atoms with van der Waals surface area (Å²) in [6.07, 6.45) is 9.66. The van der Waals surface area contributed by atoms with E-state index >= 15 is 0 Å². The number of pyridine rings is 1. The molecule has 4 fully saturated rings. The first-order valence-corrected chi connectivity index (χ1v) is 12.9. The van der Waals surface area contributed by atoms with Gasteiger partial charge in [0.15, 0.2) is 0 Å². The number of fused-ring (bicyclic) bond motifs is 1. The van der Waals surface area contributed by atoms with Gasteiger partial charge >= 0.3 is 0 Å². The van der Waals surface area contributed by atoms with Crippen LogP contribution < -0.4 is 4.90 Å². The molecule has 1 aromatic carbocycles. The fourth-order valence-electron chi connectivity index (χ4n) is 9.28. The monoisotopic (exact) mass is 443 g/mol. The van der Waals surface area contributed by atoms with Crippen LogP contribution in [0, 0.1) is 17.3 Å². The highest BCUT2D eigenvalue weighted by molar-refractivity contribution is 5.99. The van der Waals surface area contributed by atoms with Gasteiger partial charge in [0.2, 0.25) is 5.91 Å². The molecule has 0 spiro atoms. The molecule has 1 aromatic heterocycles. The first-order chi connectivity index (χ1) is 16.1. The van der Waals surface area contributed by atoms with Crippen molar-refractivity contribution in [3.63, 3.8) is 0 Å². The quantitative estimate of drug-likeness (QED) is 0.766. The van der Waals surface area contributed by atoms with Crippen LogP contribution in [0.15, 0.2) is 42.6 Å². The number of anilines is 1. The van der Waals surface area contributed by atoms with Crippen LogP contribution in [-0.4, -0.2) is 46.1 Å². The second-order valence-electron chi connectivity index (χ2n) is 11.2. The third kappa shape index (κ3) is 2.32. The average Bonchev–Trinajstić information content (AvgIpc) is 3.22. The van der Waals surface area contributed by atoms with Gasteiger partial charge in [-0.25, -0.2) is 4.98 Å². The lowest BCUT2D eigenvalue weighted by atomic mass is 9.43. The summed E-state index contributed by atoms with van der Waals surface area (Å²) in [7, 11) is 0. The number of likely N-dealkylation sites (tertiary alicyclic amines) is 1. The molecule has 5 nitrogen and oxygen atoms in total. The van der Waals surface area contributed by atoms with Crippen LogP contribution in [0.4, 0.5) is 5.82 Å². The molecule has 33 heavy (non-hydrogen) atoms. The summed E-state index contributed by atoms with van der Waals surface area (Å²) < 4.78 is 0. The average molecular weight is 444 g/mol. The normalized spacial score (nSPS) is 38.3. The first-order valence-electron chi connectivity index (χ1n) is 12.9. The molecule has 5 aliphatic rings. The molecule has 6 atom stereocenters. The fraction of sp³-hybridized carbons (Fsp3) is 0.571. The van der Waals surface area contributed by atoms with Crippen molar-refractivity contribution in [1.82, 2.24) is 9.88 Å². The molecule has 3 aliphatic carbocycles. The fourth-order valence-corrected chi connectivity index (χ4v) is 9.28. The van der Waals surface area contributed by atoms with E-state index in [1.54, 1.807) is 6.20 Å². The minimum atomic E-state index is -0.0144. The van der Waals surface area contributed by atoms with E-state index in [1.807, 2.05) is 24.3 Å². The van der Waals surface area contributed by atoms with E-state index in [2.05, 4.69) is 33.8 Å². The molecule has 0 radical (unpaired) electrons. The number of amides is 1. The third-order valence-electron chi connectivity index (χ3n) is 10.2. The lowest BCUT2D eigenvalue weighted by Crippen LogP contribution is -2.69. The minimum Gasteiger partial charge on any atom is -0.508 e. The number of phenolic OH excluding ortho intramolecular Hbond substituents is 1. The van der Waals surface area contributed by atoms with Gasteiger partial charge in [-0.2, -0.15) is 0 Å². The van der Waals surface area contributed by atoms with Gasteiger partial charge in [-0.15, -0.1) is 0 Å². The number of unbranched alkanes of at least 4 members (excludes halogenated alkanes) is 1. The lowest BCUT2D eigenvalue weighted by Gasteiger charge is -2.66. The van der Waals surface area contributed by atoms with Crippen LogP contribution in [0.1, 0.15) is 56.6 Å². The largest absolute Gasteiger partial charge is 0.508 e. The van der Waals surface area contributed by atoms with E-state index in [0.29, 0.717) is 23.6 Å². The maximum absolute atomic E-state index is 14.0. The molecule has 5 heteroatoms. The highest BCUT2D eigenvalue weighted by atomic mass is 16.3. The Morgan fingerprint density at radius 3 is 2.94 bits per heavy atom. The van der Waals surface area contributed by atoms with E-state index in [1.165, 1.54) is 36.9 Å². The summed E-state index contributed by atoms with van der Waals surface area (Å²) in [5.74, 6) is 1.86. The Balaban J connectivity index is 1.41. The Morgan fingerprint density at radius 1 is 1.21 bits per heavy atom. The molecule has 2 aromatic rings. The van der Waals surface area contributed by atoms with E-state index in [9.17, 15) is 9.90 Å². The number of benzene rings is 1. The van der Waals surface area contributed by atoms with Crippen molar-refractivity contribution < 1.29 is 9.90 Å². The molecule has 3 heterocycles. The van der Waals surface area contributed by atoms with Crippen LogP contribution in [0.3, 0.4) is 0 Å². The SMILES string of the molecule is CCCCN1CCC23c4cc(O)ccc4CC1C21CCC2C3[C@H](C1)C(=O)N2c1ccccn1. The molecule has 5 unspecified atom stereocenters. The highest BCUT2D eigenvalue weighted by Gasteiger charge is 2.78. The summed E-state index contributed by atoms with van der Waals surface area (Å²) in [5, 5.41) is 10.6. The molecule has 1 N–H and O–H groups in total. The van der Waals surface area contributed by atoms with Gasteiger partial charge in [-0.1, -0.05) is 25.5 Å². The summed E-state index contributed by atoms with van der Waals surface area (Å²) in [6, 6.07) is 12.7.